The molecule has 0 N–H and O–H groups in total. The molecule has 44 heavy (non-hydrogen) atoms. The molecule has 0 saturated carbocycles. The highest BCUT2D eigenvalue weighted by Gasteiger charge is 2.39. The zero-order chi connectivity index (χ0) is 32.0. The van der Waals surface area contributed by atoms with Crippen LogP contribution < -0.4 is 20.6 Å². The van der Waals surface area contributed by atoms with E-state index in [1.165, 1.54) is 25.3 Å². The third-order valence-corrected chi connectivity index (χ3v) is 6.18. The van der Waals surface area contributed by atoms with Crippen molar-refractivity contribution in [3.05, 3.63) is 115 Å². The predicted molar refractivity (Wildman–Crippen MR) is 150 cm³/mol. The Morgan fingerprint density at radius 1 is 1.05 bits per heavy atom. The number of hydrogen-bond acceptors (Lipinski definition) is 9. The average Bonchev–Trinajstić information content (AvgIpc) is 2.99. The van der Waals surface area contributed by atoms with Crippen LogP contribution in [-0.4, -0.2) is 39.5 Å². The van der Waals surface area contributed by atoms with Gasteiger partial charge in [-0.3, -0.25) is 14.2 Å². The molecule has 0 unspecified atom stereocenters. The number of alkyl halides is 3. The Kier molecular flexibility index (Phi) is 9.50. The van der Waals surface area contributed by atoms with E-state index >= 15 is 0 Å². The third kappa shape index (κ3) is 7.50. The maximum atomic E-state index is 13.8. The summed E-state index contributed by atoms with van der Waals surface area (Å²) in [6.07, 6.45) is -2.20. The third-order valence-electron chi connectivity index (χ3n) is 5.96. The van der Waals surface area contributed by atoms with Gasteiger partial charge >= 0.3 is 12.1 Å². The lowest BCUT2D eigenvalue weighted by atomic mass is 10.2. The smallest absolute Gasteiger partial charge is 0.437 e. The summed E-state index contributed by atoms with van der Waals surface area (Å²) in [7, 11) is 2.65. The van der Waals surface area contributed by atoms with E-state index < -0.39 is 41.3 Å². The van der Waals surface area contributed by atoms with Gasteiger partial charge in [0.2, 0.25) is 5.75 Å². The molecule has 2 aromatic heterocycles. The molecule has 0 radical (unpaired) electrons. The number of rotatable bonds is 9. The molecule has 0 aliphatic heterocycles. The van der Waals surface area contributed by atoms with Crippen LogP contribution in [-0.2, 0) is 28.8 Å². The van der Waals surface area contributed by atoms with Crippen molar-refractivity contribution in [3.8, 4) is 23.3 Å². The first-order valence-electron chi connectivity index (χ1n) is 12.5. The topological polar surface area (TPSA) is 138 Å². The van der Waals surface area contributed by atoms with Crippen molar-refractivity contribution in [2.75, 3.05) is 14.2 Å². The van der Waals surface area contributed by atoms with Crippen molar-refractivity contribution in [2.24, 2.45) is 0 Å². The number of halogens is 4. The second-order valence-electron chi connectivity index (χ2n) is 9.00. The van der Waals surface area contributed by atoms with Gasteiger partial charge in [-0.25, -0.2) is 14.5 Å². The molecule has 0 spiro atoms. The minimum Gasteiger partial charge on any atom is -0.497 e. The van der Waals surface area contributed by atoms with E-state index in [0.29, 0.717) is 17.6 Å². The maximum absolute atomic E-state index is 13.8. The second kappa shape index (κ2) is 13.3. The van der Waals surface area contributed by atoms with E-state index in [9.17, 15) is 32.8 Å². The van der Waals surface area contributed by atoms with Crippen molar-refractivity contribution < 1.29 is 32.2 Å². The lowest BCUT2D eigenvalue weighted by molar-refractivity contribution is -0.142. The van der Waals surface area contributed by atoms with Gasteiger partial charge in [-0.2, -0.15) is 23.5 Å². The summed E-state index contributed by atoms with van der Waals surface area (Å²) in [6, 6.07) is 13.3. The summed E-state index contributed by atoms with van der Waals surface area (Å²) >= 11 is 5.94. The molecular formula is C29H21ClF3N5O6. The largest absolute Gasteiger partial charge is 0.497 e. The number of aromatic nitrogens is 4. The van der Waals surface area contributed by atoms with Crippen molar-refractivity contribution in [1.82, 2.24) is 19.3 Å². The molecule has 15 heteroatoms. The summed E-state index contributed by atoms with van der Waals surface area (Å²) < 4.78 is 58.4. The minimum atomic E-state index is -5.07. The van der Waals surface area contributed by atoms with Gasteiger partial charge in [0.1, 0.15) is 11.5 Å². The first-order chi connectivity index (χ1) is 20.9. The van der Waals surface area contributed by atoms with Gasteiger partial charge in [0.15, 0.2) is 5.69 Å². The number of ether oxygens (including phenoxy) is 3. The van der Waals surface area contributed by atoms with Crippen LogP contribution in [0.5, 0.6) is 17.2 Å². The summed E-state index contributed by atoms with van der Waals surface area (Å²) in [5, 5.41) is 13.5. The van der Waals surface area contributed by atoms with Gasteiger partial charge in [0.05, 0.1) is 51.0 Å². The van der Waals surface area contributed by atoms with Crippen LogP contribution in [0.25, 0.3) is 6.08 Å². The monoisotopic (exact) mass is 627 g/mol. The lowest BCUT2D eigenvalue weighted by Gasteiger charge is -2.15. The zero-order valence-electron chi connectivity index (χ0n) is 23.0. The van der Waals surface area contributed by atoms with Crippen LogP contribution in [0.2, 0.25) is 5.02 Å². The number of carbonyl (C=O) groups is 1. The Morgan fingerprint density at radius 3 is 2.41 bits per heavy atom. The predicted octanol–water partition coefficient (Wildman–Crippen LogP) is 4.43. The van der Waals surface area contributed by atoms with Crippen LogP contribution in [0, 0.1) is 11.3 Å². The average molecular weight is 628 g/mol. The molecule has 4 rings (SSSR count). The zero-order valence-corrected chi connectivity index (χ0v) is 23.7. The molecule has 4 aromatic rings. The molecule has 226 valence electrons. The Morgan fingerprint density at radius 2 is 1.77 bits per heavy atom. The normalized spacial score (nSPS) is 11.3. The van der Waals surface area contributed by atoms with Gasteiger partial charge in [0.25, 0.3) is 11.1 Å². The highest BCUT2D eigenvalue weighted by Crippen LogP contribution is 2.35. The van der Waals surface area contributed by atoms with Crippen molar-refractivity contribution >= 4 is 23.6 Å². The van der Waals surface area contributed by atoms with Gasteiger partial charge < -0.3 is 14.2 Å². The first kappa shape index (κ1) is 31.5. The molecule has 0 bridgehead atoms. The van der Waals surface area contributed by atoms with Gasteiger partial charge in [-0.05, 0) is 48.0 Å². The Bertz CT molecular complexity index is 1900. The number of methoxy groups -OCH3 is 2. The molecule has 0 aliphatic rings. The fourth-order valence-electron chi connectivity index (χ4n) is 3.91. The van der Waals surface area contributed by atoms with E-state index in [1.807, 2.05) is 0 Å². The fraction of sp³-hybridized carbons (Fsp3) is 0.172. The first-order valence-corrected chi connectivity index (χ1v) is 12.8. The fourth-order valence-corrected chi connectivity index (χ4v) is 4.13. The number of benzene rings is 2. The minimum absolute atomic E-state index is 0.00678. The highest BCUT2D eigenvalue weighted by molar-refractivity contribution is 6.30. The Balaban J connectivity index is 1.80. The molecule has 0 saturated heterocycles. The summed E-state index contributed by atoms with van der Waals surface area (Å²) in [6.45, 7) is -0.471. The maximum Gasteiger partial charge on any atom is 0.437 e. The standard InChI is InChI=1S/C29H21ClF3N5O6/c1-42-22-6-3-17(4-7-22)14-38-27(40)19(5-8-24(39)43-2)11-21(36-38)15-37-16-35-26(29(31,32)33)25(28(37)41)44-23-10-18(13-34)9-20(30)12-23/h3-12,16H,14-15H2,1-2H3/b8-5+. The van der Waals surface area contributed by atoms with Crippen LogP contribution in [0.1, 0.15) is 28.1 Å². The van der Waals surface area contributed by atoms with Crippen LogP contribution in [0.3, 0.4) is 0 Å². The quantitative estimate of drug-likeness (QED) is 0.195. The van der Waals surface area contributed by atoms with Crippen LogP contribution in [0.15, 0.2) is 70.5 Å². The van der Waals surface area contributed by atoms with E-state index in [0.717, 1.165) is 34.6 Å². The molecule has 0 amide bonds. The summed E-state index contributed by atoms with van der Waals surface area (Å²) in [4.78, 5) is 41.6. The number of hydrogen-bond donors (Lipinski definition) is 0. The van der Waals surface area contributed by atoms with Gasteiger partial charge in [-0.1, -0.05) is 23.7 Å². The highest BCUT2D eigenvalue weighted by atomic mass is 35.5. The van der Waals surface area contributed by atoms with Crippen molar-refractivity contribution in [1.29, 1.82) is 5.26 Å². The van der Waals surface area contributed by atoms with E-state index in [2.05, 4.69) is 14.8 Å². The molecule has 2 aromatic carbocycles. The van der Waals surface area contributed by atoms with Gasteiger partial charge in [0, 0.05) is 16.7 Å². The number of esters is 1. The summed E-state index contributed by atoms with van der Waals surface area (Å²) in [5.41, 5.74) is -2.73. The van der Waals surface area contributed by atoms with E-state index in [1.54, 1.807) is 30.3 Å². The molecule has 0 aliphatic carbocycles. The lowest BCUT2D eigenvalue weighted by Crippen LogP contribution is -2.30. The Labute approximate surface area is 251 Å². The molecule has 11 nitrogen and oxygen atoms in total. The second-order valence-corrected chi connectivity index (χ2v) is 9.44. The molecular weight excluding hydrogens is 607 g/mol. The van der Waals surface area contributed by atoms with Gasteiger partial charge in [-0.15, -0.1) is 0 Å². The Hall–Kier alpha value is -5.42. The number of carbonyl (C=O) groups excluding carboxylic acids is 1. The molecule has 2 heterocycles. The van der Waals surface area contributed by atoms with E-state index in [-0.39, 0.29) is 34.1 Å². The van der Waals surface area contributed by atoms with Crippen LogP contribution >= 0.6 is 11.6 Å². The van der Waals surface area contributed by atoms with Crippen molar-refractivity contribution in [3.63, 3.8) is 0 Å². The molecule has 0 fully saturated rings. The molecule has 0 atom stereocenters. The summed E-state index contributed by atoms with van der Waals surface area (Å²) in [5.74, 6) is -1.62. The van der Waals surface area contributed by atoms with Crippen molar-refractivity contribution in [2.45, 2.75) is 19.3 Å². The van der Waals surface area contributed by atoms with Crippen LogP contribution in [0.4, 0.5) is 13.2 Å². The SMILES string of the molecule is COC(=O)/C=C/c1cc(Cn2cnc(C(F)(F)F)c(Oc3cc(Cl)cc(C#N)c3)c2=O)nn(Cc2ccc(OC)cc2)c1=O. The van der Waals surface area contributed by atoms with E-state index in [4.69, 9.17) is 21.1 Å². The number of nitrogens with zero attached hydrogens (tertiary/aromatic N) is 5. The number of nitriles is 1.